The molecule has 3 N–H and O–H groups in total. The fourth-order valence-corrected chi connectivity index (χ4v) is 4.04. The van der Waals surface area contributed by atoms with Gasteiger partial charge in [0, 0.05) is 23.6 Å². The second kappa shape index (κ2) is 8.75. The molecular formula is C21H20N4O4S. The number of anilines is 1. The molecule has 30 heavy (non-hydrogen) atoms. The average molecular weight is 424 g/mol. The van der Waals surface area contributed by atoms with Gasteiger partial charge in [0.25, 0.3) is 21.8 Å². The largest absolute Gasteiger partial charge is 0.280 e. The summed E-state index contributed by atoms with van der Waals surface area (Å²) in [6.07, 6.45) is 2.91. The topological polar surface area (TPSA) is 117 Å². The van der Waals surface area contributed by atoms with Crippen molar-refractivity contribution < 1.29 is 18.0 Å². The van der Waals surface area contributed by atoms with E-state index in [4.69, 9.17) is 0 Å². The summed E-state index contributed by atoms with van der Waals surface area (Å²) in [4.78, 5) is 28.2. The van der Waals surface area contributed by atoms with Crippen molar-refractivity contribution in [2.75, 3.05) is 4.72 Å². The summed E-state index contributed by atoms with van der Waals surface area (Å²) in [7, 11) is -3.77. The van der Waals surface area contributed by atoms with Crippen molar-refractivity contribution in [2.24, 2.45) is 0 Å². The van der Waals surface area contributed by atoms with E-state index < -0.39 is 21.8 Å². The summed E-state index contributed by atoms with van der Waals surface area (Å²) in [5.41, 5.74) is 6.92. The normalized spacial score (nSPS) is 10.9. The second-order valence-electron chi connectivity index (χ2n) is 6.60. The quantitative estimate of drug-likeness (QED) is 0.544. The van der Waals surface area contributed by atoms with Crippen LogP contribution >= 0.6 is 0 Å². The predicted molar refractivity (Wildman–Crippen MR) is 112 cm³/mol. The molecule has 0 aliphatic carbocycles. The van der Waals surface area contributed by atoms with Gasteiger partial charge in [-0.05, 0) is 67.4 Å². The number of nitrogens with one attached hydrogen (secondary N) is 3. The summed E-state index contributed by atoms with van der Waals surface area (Å²) >= 11 is 0. The van der Waals surface area contributed by atoms with Gasteiger partial charge in [0.15, 0.2) is 0 Å². The highest BCUT2D eigenvalue weighted by Crippen LogP contribution is 2.21. The zero-order valence-corrected chi connectivity index (χ0v) is 17.2. The Kier molecular flexibility index (Phi) is 6.12. The van der Waals surface area contributed by atoms with E-state index in [0.29, 0.717) is 16.8 Å². The first-order valence-corrected chi connectivity index (χ1v) is 10.5. The predicted octanol–water partition coefficient (Wildman–Crippen LogP) is 2.57. The third-order valence-electron chi connectivity index (χ3n) is 4.25. The minimum atomic E-state index is -3.77. The van der Waals surface area contributed by atoms with Gasteiger partial charge in [-0.15, -0.1) is 0 Å². The van der Waals surface area contributed by atoms with Crippen molar-refractivity contribution in [1.82, 2.24) is 15.8 Å². The van der Waals surface area contributed by atoms with Crippen LogP contribution in [0.2, 0.25) is 0 Å². The van der Waals surface area contributed by atoms with Gasteiger partial charge in [0.05, 0.1) is 10.5 Å². The van der Waals surface area contributed by atoms with Crippen molar-refractivity contribution in [3.63, 3.8) is 0 Å². The molecule has 3 rings (SSSR count). The van der Waals surface area contributed by atoms with Crippen molar-refractivity contribution in [3.8, 4) is 0 Å². The van der Waals surface area contributed by atoms with Gasteiger partial charge < -0.3 is 0 Å². The number of aryl methyl sites for hydroxylation is 2. The highest BCUT2D eigenvalue weighted by Gasteiger charge is 2.17. The number of nitrogens with zero attached hydrogens (tertiary/aromatic N) is 1. The Bertz CT molecular complexity index is 1180. The molecule has 0 bridgehead atoms. The summed E-state index contributed by atoms with van der Waals surface area (Å²) < 4.78 is 27.8. The summed E-state index contributed by atoms with van der Waals surface area (Å²) in [5.74, 6) is -1.05. The number of pyridine rings is 1. The first-order valence-electron chi connectivity index (χ1n) is 8.97. The Morgan fingerprint density at radius 1 is 0.867 bits per heavy atom. The number of aromatic nitrogens is 1. The van der Waals surface area contributed by atoms with Crippen LogP contribution in [0.5, 0.6) is 0 Å². The number of carbonyl (C=O) groups is 2. The monoisotopic (exact) mass is 424 g/mol. The molecular weight excluding hydrogens is 404 g/mol. The SMILES string of the molecule is Cc1ccc(C)c(S(=O)(=O)Nc2ccc(C(=O)NNC(=O)c3cccnc3)cc2)c1. The average Bonchev–Trinajstić information content (AvgIpc) is 2.74. The minimum absolute atomic E-state index is 0.197. The molecule has 0 atom stereocenters. The number of amides is 2. The Hall–Kier alpha value is -3.72. The smallest absolute Gasteiger partial charge is 0.271 e. The Labute approximate surface area is 174 Å². The third-order valence-corrected chi connectivity index (χ3v) is 5.77. The molecule has 0 aliphatic heterocycles. The van der Waals surface area contributed by atoms with Crippen molar-refractivity contribution in [2.45, 2.75) is 18.7 Å². The lowest BCUT2D eigenvalue weighted by Crippen LogP contribution is -2.41. The van der Waals surface area contributed by atoms with Crippen molar-refractivity contribution >= 4 is 27.5 Å². The van der Waals surface area contributed by atoms with E-state index >= 15 is 0 Å². The fourth-order valence-electron chi connectivity index (χ4n) is 2.65. The van der Waals surface area contributed by atoms with E-state index in [1.807, 2.05) is 13.0 Å². The van der Waals surface area contributed by atoms with Crippen LogP contribution in [0.3, 0.4) is 0 Å². The molecule has 154 valence electrons. The molecule has 2 aromatic carbocycles. The van der Waals surface area contributed by atoms with Crippen LogP contribution in [-0.4, -0.2) is 25.2 Å². The van der Waals surface area contributed by atoms with E-state index in [-0.39, 0.29) is 10.5 Å². The molecule has 0 saturated heterocycles. The Morgan fingerprint density at radius 3 is 2.17 bits per heavy atom. The lowest BCUT2D eigenvalue weighted by Gasteiger charge is -2.12. The molecule has 9 heteroatoms. The molecule has 0 fully saturated rings. The molecule has 1 aromatic heterocycles. The minimum Gasteiger partial charge on any atom is -0.280 e. The Morgan fingerprint density at radius 2 is 1.53 bits per heavy atom. The number of hydrogen-bond acceptors (Lipinski definition) is 5. The van der Waals surface area contributed by atoms with Crippen LogP contribution in [0, 0.1) is 13.8 Å². The summed E-state index contributed by atoms with van der Waals surface area (Å²) in [6, 6.07) is 14.2. The zero-order valence-electron chi connectivity index (χ0n) is 16.3. The van der Waals surface area contributed by atoms with Crippen LogP contribution in [-0.2, 0) is 10.0 Å². The van der Waals surface area contributed by atoms with Crippen LogP contribution in [0.4, 0.5) is 5.69 Å². The Balaban J connectivity index is 1.65. The van der Waals surface area contributed by atoms with Gasteiger partial charge in [-0.2, -0.15) is 0 Å². The number of hydrogen-bond donors (Lipinski definition) is 3. The van der Waals surface area contributed by atoms with Crippen LogP contribution < -0.4 is 15.6 Å². The van der Waals surface area contributed by atoms with Gasteiger partial charge in [0.2, 0.25) is 0 Å². The molecule has 0 saturated carbocycles. The van der Waals surface area contributed by atoms with E-state index in [9.17, 15) is 18.0 Å². The lowest BCUT2D eigenvalue weighted by molar-refractivity contribution is 0.0846. The van der Waals surface area contributed by atoms with Gasteiger partial charge >= 0.3 is 0 Å². The van der Waals surface area contributed by atoms with E-state index in [1.165, 1.54) is 36.7 Å². The van der Waals surface area contributed by atoms with Crippen LogP contribution in [0.25, 0.3) is 0 Å². The maximum Gasteiger partial charge on any atom is 0.271 e. The molecule has 0 unspecified atom stereocenters. The first kappa shape index (κ1) is 21.0. The van der Waals surface area contributed by atoms with Crippen molar-refractivity contribution in [3.05, 3.63) is 89.2 Å². The number of rotatable bonds is 5. The fraction of sp³-hybridized carbons (Fsp3) is 0.0952. The van der Waals surface area contributed by atoms with E-state index in [2.05, 4.69) is 20.6 Å². The zero-order chi connectivity index (χ0) is 21.7. The molecule has 0 spiro atoms. The third kappa shape index (κ3) is 5.00. The maximum absolute atomic E-state index is 12.7. The van der Waals surface area contributed by atoms with E-state index in [0.717, 1.165) is 5.56 Å². The summed E-state index contributed by atoms with van der Waals surface area (Å²) in [5, 5.41) is 0. The highest BCUT2D eigenvalue weighted by molar-refractivity contribution is 7.92. The second-order valence-corrected chi connectivity index (χ2v) is 8.25. The van der Waals surface area contributed by atoms with Crippen LogP contribution in [0.1, 0.15) is 31.8 Å². The number of sulfonamides is 1. The van der Waals surface area contributed by atoms with Gasteiger partial charge in [-0.25, -0.2) is 8.42 Å². The number of carbonyl (C=O) groups excluding carboxylic acids is 2. The standard InChI is InChI=1S/C21H20N4O4S/c1-14-5-6-15(2)19(12-14)30(28,29)25-18-9-7-16(8-10-18)20(26)23-24-21(27)17-4-3-11-22-13-17/h3-13,25H,1-2H3,(H,23,26)(H,24,27). The van der Waals surface area contributed by atoms with Crippen LogP contribution in [0.15, 0.2) is 71.9 Å². The lowest BCUT2D eigenvalue weighted by atomic mass is 10.2. The number of hydrazine groups is 1. The van der Waals surface area contributed by atoms with E-state index in [1.54, 1.807) is 31.2 Å². The molecule has 0 aliphatic rings. The van der Waals surface area contributed by atoms with Crippen molar-refractivity contribution in [1.29, 1.82) is 0 Å². The molecule has 1 heterocycles. The molecule has 2 amide bonds. The maximum atomic E-state index is 12.7. The highest BCUT2D eigenvalue weighted by atomic mass is 32.2. The van der Waals surface area contributed by atoms with Gasteiger partial charge in [0.1, 0.15) is 0 Å². The first-order chi connectivity index (χ1) is 14.3. The molecule has 8 nitrogen and oxygen atoms in total. The summed E-state index contributed by atoms with van der Waals surface area (Å²) in [6.45, 7) is 3.54. The number of benzene rings is 2. The molecule has 3 aromatic rings. The molecule has 0 radical (unpaired) electrons. The van der Waals surface area contributed by atoms with Gasteiger partial charge in [-0.3, -0.25) is 30.1 Å². The van der Waals surface area contributed by atoms with Gasteiger partial charge in [-0.1, -0.05) is 12.1 Å².